The summed E-state index contributed by atoms with van der Waals surface area (Å²) in [5.41, 5.74) is 6.98. The number of hydrogen-bond donors (Lipinski definition) is 2. The summed E-state index contributed by atoms with van der Waals surface area (Å²) in [6, 6.07) is 3.25. The van der Waals surface area contributed by atoms with Gasteiger partial charge in [0.15, 0.2) is 0 Å². The Balaban J connectivity index is 2.85. The second-order valence-corrected chi connectivity index (χ2v) is 4.59. The molecular formula is C11H14FIN2. The zero-order valence-corrected chi connectivity index (χ0v) is 10.7. The van der Waals surface area contributed by atoms with Gasteiger partial charge in [0.25, 0.3) is 0 Å². The third-order valence-electron chi connectivity index (χ3n) is 2.01. The average molecular weight is 320 g/mol. The van der Waals surface area contributed by atoms with Crippen LogP contribution in [0.25, 0.3) is 0 Å². The van der Waals surface area contributed by atoms with E-state index in [2.05, 4.69) is 11.9 Å². The van der Waals surface area contributed by atoms with E-state index in [-0.39, 0.29) is 11.9 Å². The Kier molecular flexibility index (Phi) is 4.38. The smallest absolute Gasteiger partial charge is 0.138 e. The van der Waals surface area contributed by atoms with Crippen LogP contribution in [0.15, 0.2) is 24.8 Å². The second kappa shape index (κ2) is 5.34. The molecule has 1 rings (SSSR count). The molecule has 0 amide bonds. The van der Waals surface area contributed by atoms with Crippen LogP contribution in [0.1, 0.15) is 13.3 Å². The number of nitrogens with two attached hydrogens (primary N) is 1. The van der Waals surface area contributed by atoms with Gasteiger partial charge in [-0.05, 0) is 42.0 Å². The molecule has 0 saturated heterocycles. The molecule has 2 nitrogen and oxygen atoms in total. The monoisotopic (exact) mass is 320 g/mol. The van der Waals surface area contributed by atoms with Crippen LogP contribution in [0.4, 0.5) is 15.8 Å². The molecule has 4 heteroatoms. The second-order valence-electron chi connectivity index (χ2n) is 3.42. The molecule has 0 aliphatic rings. The summed E-state index contributed by atoms with van der Waals surface area (Å²) in [6.45, 7) is 5.65. The molecular weight excluding hydrogens is 306 g/mol. The Hall–Kier alpha value is -0.780. The standard InChI is InChI=1S/C11H14FIN2/c1-3-4-7(2)15-11-5-8(12)9(13)6-10(11)14/h3,5-7,15H,1,4,14H2,2H3. The van der Waals surface area contributed by atoms with Crippen molar-refractivity contribution in [3.8, 4) is 0 Å². The van der Waals surface area contributed by atoms with E-state index in [0.29, 0.717) is 14.9 Å². The average Bonchev–Trinajstić information content (AvgIpc) is 2.14. The van der Waals surface area contributed by atoms with Crippen LogP contribution in [0.2, 0.25) is 0 Å². The lowest BCUT2D eigenvalue weighted by Gasteiger charge is -2.15. The summed E-state index contributed by atoms with van der Waals surface area (Å²) >= 11 is 1.92. The minimum Gasteiger partial charge on any atom is -0.397 e. The molecule has 1 aromatic carbocycles. The molecule has 0 radical (unpaired) electrons. The van der Waals surface area contributed by atoms with E-state index in [4.69, 9.17) is 5.73 Å². The predicted molar refractivity (Wildman–Crippen MR) is 71.4 cm³/mol. The van der Waals surface area contributed by atoms with Crippen LogP contribution in [0, 0.1) is 9.39 Å². The zero-order valence-electron chi connectivity index (χ0n) is 8.56. The molecule has 15 heavy (non-hydrogen) atoms. The number of rotatable bonds is 4. The van der Waals surface area contributed by atoms with Gasteiger partial charge in [0, 0.05) is 12.1 Å². The van der Waals surface area contributed by atoms with Crippen molar-refractivity contribution in [1.29, 1.82) is 0 Å². The van der Waals surface area contributed by atoms with Crippen LogP contribution in [-0.2, 0) is 0 Å². The van der Waals surface area contributed by atoms with Gasteiger partial charge >= 0.3 is 0 Å². The van der Waals surface area contributed by atoms with E-state index in [1.54, 1.807) is 6.07 Å². The van der Waals surface area contributed by atoms with E-state index in [0.717, 1.165) is 6.42 Å². The minimum absolute atomic E-state index is 0.198. The Labute approximate surface area is 103 Å². The number of nitrogens with one attached hydrogen (secondary N) is 1. The fourth-order valence-electron chi connectivity index (χ4n) is 1.26. The van der Waals surface area contributed by atoms with Crippen LogP contribution < -0.4 is 11.1 Å². The molecule has 3 N–H and O–H groups in total. The number of nitrogen functional groups attached to an aromatic ring is 1. The van der Waals surface area contributed by atoms with E-state index < -0.39 is 0 Å². The Morgan fingerprint density at radius 3 is 2.93 bits per heavy atom. The highest BCUT2D eigenvalue weighted by Gasteiger charge is 2.07. The molecule has 82 valence electrons. The summed E-state index contributed by atoms with van der Waals surface area (Å²) in [6.07, 6.45) is 2.63. The lowest BCUT2D eigenvalue weighted by Crippen LogP contribution is -2.15. The normalized spacial score (nSPS) is 12.2. The molecule has 0 aromatic heterocycles. The Morgan fingerprint density at radius 1 is 1.67 bits per heavy atom. The maximum atomic E-state index is 13.3. The van der Waals surface area contributed by atoms with Gasteiger partial charge in [-0.2, -0.15) is 0 Å². The van der Waals surface area contributed by atoms with Gasteiger partial charge in [0.05, 0.1) is 14.9 Å². The fraction of sp³-hybridized carbons (Fsp3) is 0.273. The first-order valence-corrected chi connectivity index (χ1v) is 5.74. The number of benzene rings is 1. The van der Waals surface area contributed by atoms with Crippen molar-refractivity contribution in [2.24, 2.45) is 0 Å². The van der Waals surface area contributed by atoms with Crippen molar-refractivity contribution in [2.75, 3.05) is 11.1 Å². The Morgan fingerprint density at radius 2 is 2.33 bits per heavy atom. The van der Waals surface area contributed by atoms with Gasteiger partial charge < -0.3 is 11.1 Å². The lowest BCUT2D eigenvalue weighted by molar-refractivity contribution is 0.620. The predicted octanol–water partition coefficient (Wildman–Crippen LogP) is 3.39. The highest BCUT2D eigenvalue weighted by atomic mass is 127. The highest BCUT2D eigenvalue weighted by Crippen LogP contribution is 2.24. The Bertz CT molecular complexity index is 366. The third-order valence-corrected chi connectivity index (χ3v) is 2.84. The molecule has 0 bridgehead atoms. The van der Waals surface area contributed by atoms with Gasteiger partial charge in [-0.1, -0.05) is 6.08 Å². The van der Waals surface area contributed by atoms with Crippen molar-refractivity contribution in [2.45, 2.75) is 19.4 Å². The maximum Gasteiger partial charge on any atom is 0.138 e. The van der Waals surface area contributed by atoms with Crippen molar-refractivity contribution < 1.29 is 4.39 Å². The van der Waals surface area contributed by atoms with Gasteiger partial charge in [-0.15, -0.1) is 6.58 Å². The number of halogens is 2. The molecule has 1 unspecified atom stereocenters. The van der Waals surface area contributed by atoms with Crippen LogP contribution in [0.5, 0.6) is 0 Å². The summed E-state index contributed by atoms with van der Waals surface area (Å²) in [4.78, 5) is 0. The molecule has 0 fully saturated rings. The topological polar surface area (TPSA) is 38.0 Å². The van der Waals surface area contributed by atoms with E-state index in [9.17, 15) is 4.39 Å². The molecule has 1 aromatic rings. The first kappa shape index (κ1) is 12.3. The maximum absolute atomic E-state index is 13.3. The fourth-order valence-corrected chi connectivity index (χ4v) is 1.75. The van der Waals surface area contributed by atoms with Crippen molar-refractivity contribution in [3.63, 3.8) is 0 Å². The van der Waals surface area contributed by atoms with Crippen molar-refractivity contribution in [3.05, 3.63) is 34.2 Å². The van der Waals surface area contributed by atoms with E-state index >= 15 is 0 Å². The third kappa shape index (κ3) is 3.37. The molecule has 0 saturated carbocycles. The van der Waals surface area contributed by atoms with Gasteiger partial charge in [0.1, 0.15) is 5.82 Å². The lowest BCUT2D eigenvalue weighted by atomic mass is 10.2. The van der Waals surface area contributed by atoms with Gasteiger partial charge in [0.2, 0.25) is 0 Å². The summed E-state index contributed by atoms with van der Waals surface area (Å²) in [7, 11) is 0. The largest absolute Gasteiger partial charge is 0.397 e. The van der Waals surface area contributed by atoms with Crippen LogP contribution in [-0.4, -0.2) is 6.04 Å². The summed E-state index contributed by atoms with van der Waals surface area (Å²) in [5, 5.41) is 3.14. The number of hydrogen-bond acceptors (Lipinski definition) is 2. The minimum atomic E-state index is -0.252. The molecule has 0 aliphatic carbocycles. The van der Waals surface area contributed by atoms with E-state index in [1.807, 2.05) is 35.6 Å². The molecule has 0 heterocycles. The molecule has 0 aliphatic heterocycles. The first-order chi connectivity index (χ1) is 7.04. The number of anilines is 2. The van der Waals surface area contributed by atoms with Gasteiger partial charge in [-0.3, -0.25) is 0 Å². The van der Waals surface area contributed by atoms with Gasteiger partial charge in [-0.25, -0.2) is 4.39 Å². The molecule has 0 spiro atoms. The first-order valence-electron chi connectivity index (χ1n) is 4.66. The van der Waals surface area contributed by atoms with Crippen molar-refractivity contribution >= 4 is 34.0 Å². The highest BCUT2D eigenvalue weighted by molar-refractivity contribution is 14.1. The van der Waals surface area contributed by atoms with Crippen LogP contribution in [0.3, 0.4) is 0 Å². The quantitative estimate of drug-likeness (QED) is 0.507. The summed E-state index contributed by atoms with van der Waals surface area (Å²) < 4.78 is 13.8. The van der Waals surface area contributed by atoms with Crippen molar-refractivity contribution in [1.82, 2.24) is 0 Å². The molecule has 1 atom stereocenters. The SMILES string of the molecule is C=CCC(C)Nc1cc(F)c(I)cc1N. The zero-order chi connectivity index (χ0) is 11.4. The van der Waals surface area contributed by atoms with E-state index in [1.165, 1.54) is 6.07 Å². The summed E-state index contributed by atoms with van der Waals surface area (Å²) in [5.74, 6) is -0.252. The van der Waals surface area contributed by atoms with Crippen LogP contribution >= 0.6 is 22.6 Å².